The minimum Gasteiger partial charge on any atom is -0.469 e. The third-order valence-electron chi connectivity index (χ3n) is 9.42. The number of fused-ring (bicyclic) bond motifs is 3. The molecule has 1 spiro atoms. The van der Waals surface area contributed by atoms with Crippen LogP contribution in [0, 0.1) is 30.1 Å². The van der Waals surface area contributed by atoms with Crippen LogP contribution in [-0.2, 0) is 14.3 Å². The van der Waals surface area contributed by atoms with E-state index in [1.54, 1.807) is 6.26 Å². The number of hydrogen-bond donors (Lipinski definition) is 1. The molecule has 2 saturated heterocycles. The number of ether oxygens (including phenoxy) is 2. The summed E-state index contributed by atoms with van der Waals surface area (Å²) in [7, 11) is 0. The van der Waals surface area contributed by atoms with E-state index >= 15 is 0 Å². The molecule has 182 valence electrons. The van der Waals surface area contributed by atoms with E-state index < -0.39 is 0 Å². The lowest BCUT2D eigenvalue weighted by Gasteiger charge is -2.51. The summed E-state index contributed by atoms with van der Waals surface area (Å²) in [5.74, 6) is 2.03. The molecular weight excluding hydrogens is 426 g/mol. The second kappa shape index (κ2) is 8.53. The van der Waals surface area contributed by atoms with Gasteiger partial charge in [-0.05, 0) is 81.0 Å². The lowest BCUT2D eigenvalue weighted by atomic mass is 9.53. The van der Waals surface area contributed by atoms with Gasteiger partial charge in [0.2, 0.25) is 0 Å². The average Bonchev–Trinajstić information content (AvgIpc) is 3.24. The van der Waals surface area contributed by atoms with Crippen LogP contribution in [0.1, 0.15) is 68.3 Å². The highest BCUT2D eigenvalue weighted by molar-refractivity contribution is 5.75. The first-order chi connectivity index (χ1) is 16.5. The Labute approximate surface area is 202 Å². The van der Waals surface area contributed by atoms with Crippen LogP contribution in [0.15, 0.2) is 47.1 Å². The van der Waals surface area contributed by atoms with Gasteiger partial charge in [0, 0.05) is 18.4 Å². The molecule has 0 bridgehead atoms. The van der Waals surface area contributed by atoms with Crippen molar-refractivity contribution in [2.45, 2.75) is 70.0 Å². The lowest BCUT2D eigenvalue weighted by Crippen LogP contribution is -2.51. The summed E-state index contributed by atoms with van der Waals surface area (Å²) in [6.07, 6.45) is 8.48. The van der Waals surface area contributed by atoms with Crippen LogP contribution in [0.5, 0.6) is 0 Å². The Morgan fingerprint density at radius 1 is 1.18 bits per heavy atom. The summed E-state index contributed by atoms with van der Waals surface area (Å²) >= 11 is 0. The number of epoxide rings is 1. The second-order valence-electron chi connectivity index (χ2n) is 11.6. The molecule has 3 heterocycles. The van der Waals surface area contributed by atoms with Gasteiger partial charge in [-0.3, -0.25) is 4.79 Å². The molecule has 0 amide bonds. The predicted octanol–water partition coefficient (Wildman–Crippen LogP) is 5.23. The summed E-state index contributed by atoms with van der Waals surface area (Å²) in [6.45, 7) is 6.95. The Bertz CT molecular complexity index is 1010. The van der Waals surface area contributed by atoms with Crippen molar-refractivity contribution >= 4 is 5.97 Å². The van der Waals surface area contributed by atoms with Crippen LogP contribution >= 0.6 is 0 Å². The van der Waals surface area contributed by atoms with Gasteiger partial charge in [0.15, 0.2) is 0 Å². The Morgan fingerprint density at radius 2 is 2.00 bits per heavy atom. The van der Waals surface area contributed by atoms with Crippen LogP contribution in [0.3, 0.4) is 0 Å². The van der Waals surface area contributed by atoms with Crippen molar-refractivity contribution in [1.82, 2.24) is 5.32 Å². The molecule has 2 aliphatic heterocycles. The monoisotopic (exact) mass is 463 g/mol. The zero-order valence-corrected chi connectivity index (χ0v) is 20.4. The van der Waals surface area contributed by atoms with E-state index in [9.17, 15) is 4.79 Å². The largest absolute Gasteiger partial charge is 0.469 e. The number of carbonyl (C=O) groups excluding carboxylic acids is 1. The molecule has 34 heavy (non-hydrogen) atoms. The minimum absolute atomic E-state index is 0.00312. The lowest BCUT2D eigenvalue weighted by molar-refractivity contribution is -0.147. The number of carbonyl (C=O) groups is 1. The molecule has 0 unspecified atom stereocenters. The van der Waals surface area contributed by atoms with E-state index in [0.717, 1.165) is 38.2 Å². The molecule has 7 atom stereocenters. The van der Waals surface area contributed by atoms with Gasteiger partial charge in [0.25, 0.3) is 0 Å². The fourth-order valence-corrected chi connectivity index (χ4v) is 7.46. The second-order valence-corrected chi connectivity index (χ2v) is 11.6. The molecular formula is C29H37NO4. The third-order valence-corrected chi connectivity index (χ3v) is 9.42. The molecule has 0 radical (unpaired) electrons. The molecule has 2 aliphatic carbocycles. The van der Waals surface area contributed by atoms with E-state index in [1.807, 2.05) is 6.07 Å². The Hall–Kier alpha value is -2.11. The minimum atomic E-state index is -0.0475. The highest BCUT2D eigenvalue weighted by Gasteiger charge is 2.64. The van der Waals surface area contributed by atoms with Crippen LogP contribution in [0.2, 0.25) is 0 Å². The molecule has 2 saturated carbocycles. The van der Waals surface area contributed by atoms with Gasteiger partial charge in [-0.2, -0.15) is 0 Å². The zero-order valence-electron chi connectivity index (χ0n) is 20.4. The third kappa shape index (κ3) is 3.91. The van der Waals surface area contributed by atoms with Crippen LogP contribution in [-0.4, -0.2) is 37.4 Å². The molecule has 2 aromatic rings. The first-order valence-corrected chi connectivity index (χ1v) is 13.1. The molecule has 6 rings (SSSR count). The zero-order chi connectivity index (χ0) is 23.3. The first kappa shape index (κ1) is 22.4. The summed E-state index contributed by atoms with van der Waals surface area (Å²) in [4.78, 5) is 12.9. The number of benzene rings is 1. The normalized spacial score (nSPS) is 37.2. The Kier molecular flexibility index (Phi) is 5.61. The molecule has 1 aromatic heterocycles. The van der Waals surface area contributed by atoms with Crippen molar-refractivity contribution < 1.29 is 18.7 Å². The molecule has 5 heteroatoms. The maximum Gasteiger partial charge on any atom is 0.310 e. The highest BCUT2D eigenvalue weighted by atomic mass is 16.6. The van der Waals surface area contributed by atoms with Crippen LogP contribution in [0.25, 0.3) is 0 Å². The number of hydrogen-bond acceptors (Lipinski definition) is 5. The van der Waals surface area contributed by atoms with Crippen molar-refractivity contribution in [3.63, 3.8) is 0 Å². The highest BCUT2D eigenvalue weighted by Crippen LogP contribution is 2.62. The van der Waals surface area contributed by atoms with Crippen LogP contribution < -0.4 is 5.32 Å². The molecule has 1 aromatic carbocycles. The van der Waals surface area contributed by atoms with E-state index in [4.69, 9.17) is 13.9 Å². The Morgan fingerprint density at radius 3 is 2.74 bits per heavy atom. The number of esters is 1. The fourth-order valence-electron chi connectivity index (χ4n) is 7.46. The van der Waals surface area contributed by atoms with Gasteiger partial charge in [-0.25, -0.2) is 0 Å². The number of aryl methyl sites for hydroxylation is 1. The van der Waals surface area contributed by atoms with Gasteiger partial charge in [-0.1, -0.05) is 36.8 Å². The molecule has 1 N–H and O–H groups in total. The van der Waals surface area contributed by atoms with E-state index in [2.05, 4.69) is 49.5 Å². The number of furan rings is 1. The number of nitrogens with one attached hydrogen (secondary N) is 1. The van der Waals surface area contributed by atoms with Gasteiger partial charge in [-0.15, -0.1) is 0 Å². The van der Waals surface area contributed by atoms with Gasteiger partial charge >= 0.3 is 5.97 Å². The molecule has 4 aliphatic rings. The summed E-state index contributed by atoms with van der Waals surface area (Å²) < 4.78 is 17.8. The predicted molar refractivity (Wildman–Crippen MR) is 129 cm³/mol. The smallest absolute Gasteiger partial charge is 0.310 e. The summed E-state index contributed by atoms with van der Waals surface area (Å²) in [5.41, 5.74) is 2.88. The van der Waals surface area contributed by atoms with Crippen LogP contribution in [0.4, 0.5) is 0 Å². The van der Waals surface area contributed by atoms with Crippen molar-refractivity contribution in [2.75, 3.05) is 19.7 Å². The van der Waals surface area contributed by atoms with E-state index in [0.29, 0.717) is 18.4 Å². The van der Waals surface area contributed by atoms with Gasteiger partial charge < -0.3 is 19.2 Å². The molecule has 5 nitrogen and oxygen atoms in total. The standard InChI is InChI=1S/C29H37NO4/c1-19-6-8-20(9-7-19)21(24-5-3-14-32-24)10-13-30-17-23-22-15-26-28(2,16-25(22)34-27(23)31)11-4-12-29(26)18-33-29/h3,5-9,14,21-23,25-26,30H,4,10-13,15-18H2,1-2H3/t21-,22+,23+,25+,26+,28+,29-/m0/s1. The topological polar surface area (TPSA) is 64.0 Å². The summed E-state index contributed by atoms with van der Waals surface area (Å²) in [6, 6.07) is 12.7. The summed E-state index contributed by atoms with van der Waals surface area (Å²) in [5, 5.41) is 3.61. The van der Waals surface area contributed by atoms with Crippen molar-refractivity contribution in [3.05, 3.63) is 59.5 Å². The fraction of sp³-hybridized carbons (Fsp3) is 0.621. The van der Waals surface area contributed by atoms with E-state index in [1.165, 1.54) is 30.4 Å². The van der Waals surface area contributed by atoms with Crippen molar-refractivity contribution in [1.29, 1.82) is 0 Å². The Balaban J connectivity index is 1.09. The van der Waals surface area contributed by atoms with Gasteiger partial charge in [0.1, 0.15) is 11.9 Å². The first-order valence-electron chi connectivity index (χ1n) is 13.1. The maximum absolute atomic E-state index is 12.9. The maximum atomic E-state index is 12.9. The van der Waals surface area contributed by atoms with Crippen molar-refractivity contribution in [2.24, 2.45) is 23.2 Å². The van der Waals surface area contributed by atoms with Crippen molar-refractivity contribution in [3.8, 4) is 0 Å². The van der Waals surface area contributed by atoms with E-state index in [-0.39, 0.29) is 34.9 Å². The quantitative estimate of drug-likeness (QED) is 0.346. The SMILES string of the molecule is Cc1ccc([C@H](CCNC[C@H]2C(=O)O[C@@H]3C[C@@]4(C)CCC[C@]5(CO5)[C@@H]4C[C@@H]32)c2ccco2)cc1. The average molecular weight is 464 g/mol. The number of rotatable bonds is 7. The molecule has 4 fully saturated rings. The van der Waals surface area contributed by atoms with Gasteiger partial charge in [0.05, 0.1) is 24.4 Å².